The molecule has 30 heavy (non-hydrogen) atoms. The van der Waals surface area contributed by atoms with Crippen LogP contribution in [-0.2, 0) is 47.3 Å². The van der Waals surface area contributed by atoms with Crippen molar-refractivity contribution in [1.29, 1.82) is 0 Å². The van der Waals surface area contributed by atoms with Crippen molar-refractivity contribution >= 4 is 46.5 Å². The molecule has 0 aliphatic carbocycles. The maximum Gasteiger partial charge on any atom is 0.303 e. The molecule has 12 nitrogen and oxygen atoms in total. The van der Waals surface area contributed by atoms with Gasteiger partial charge in [0.25, 0.3) is 0 Å². The smallest absolute Gasteiger partial charge is 0.303 e. The summed E-state index contributed by atoms with van der Waals surface area (Å²) in [7, 11) is 0. The summed E-state index contributed by atoms with van der Waals surface area (Å²) in [5, 5.41) is 4.13. The Morgan fingerprint density at radius 2 is 1.53 bits per heavy atom. The second-order valence-electron chi connectivity index (χ2n) is 6.34. The monoisotopic (exact) mass is 539 g/mol. The first-order valence-corrected chi connectivity index (χ1v) is 10.4. The topological polar surface area (TPSA) is 145 Å². The van der Waals surface area contributed by atoms with Crippen LogP contribution < -0.4 is 0 Å². The van der Waals surface area contributed by atoms with E-state index in [2.05, 4.69) is 32.7 Å². The summed E-state index contributed by atoms with van der Waals surface area (Å²) in [5.74, 6) is -2.16. The van der Waals surface area contributed by atoms with E-state index < -0.39 is 54.5 Å². The van der Waals surface area contributed by atoms with Crippen molar-refractivity contribution < 1.29 is 42.9 Å². The lowest BCUT2D eigenvalue weighted by Gasteiger charge is -2.44. The molecule has 0 aromatic carbocycles. The highest BCUT2D eigenvalue weighted by atomic mass is 127. The van der Waals surface area contributed by atoms with Gasteiger partial charge in [0.1, 0.15) is 24.9 Å². The molecular weight excluding hydrogens is 517 g/mol. The van der Waals surface area contributed by atoms with Crippen molar-refractivity contribution in [2.24, 2.45) is 0 Å². The van der Waals surface area contributed by atoms with E-state index in [0.29, 0.717) is 10.3 Å². The van der Waals surface area contributed by atoms with E-state index >= 15 is 0 Å². The largest absolute Gasteiger partial charge is 0.463 e. The molecule has 0 spiro atoms. The Morgan fingerprint density at radius 3 is 2.07 bits per heavy atom. The first kappa shape index (κ1) is 24.0. The zero-order valence-electron chi connectivity index (χ0n) is 16.8. The molecule has 0 unspecified atom stereocenters. The lowest BCUT2D eigenvalue weighted by atomic mass is 9.97. The number of rotatable bonds is 7. The van der Waals surface area contributed by atoms with Gasteiger partial charge >= 0.3 is 23.9 Å². The molecular formula is C17H22IN3O9. The Morgan fingerprint density at radius 1 is 0.967 bits per heavy atom. The van der Waals surface area contributed by atoms with Gasteiger partial charge in [0.15, 0.2) is 24.5 Å². The second-order valence-corrected chi connectivity index (χ2v) is 7.11. The van der Waals surface area contributed by atoms with Crippen LogP contribution in [-0.4, -0.2) is 69.7 Å². The van der Waals surface area contributed by atoms with E-state index in [-0.39, 0.29) is 6.61 Å². The maximum absolute atomic E-state index is 11.8. The molecule has 1 saturated heterocycles. The van der Waals surface area contributed by atoms with E-state index in [9.17, 15) is 19.2 Å². The van der Waals surface area contributed by atoms with Crippen LogP contribution in [0.15, 0.2) is 6.33 Å². The highest BCUT2D eigenvalue weighted by molar-refractivity contribution is 14.1. The zero-order valence-corrected chi connectivity index (χ0v) is 18.9. The molecule has 1 fully saturated rings. The lowest BCUT2D eigenvalue weighted by Crippen LogP contribution is -2.60. The average Bonchev–Trinajstić information content (AvgIpc) is 3.10. The van der Waals surface area contributed by atoms with Gasteiger partial charge in [0.05, 0.1) is 4.43 Å². The van der Waals surface area contributed by atoms with Crippen LogP contribution >= 0.6 is 22.6 Å². The number of alkyl halides is 1. The highest BCUT2D eigenvalue weighted by Gasteiger charge is 2.53. The average molecular weight is 539 g/mol. The van der Waals surface area contributed by atoms with Crippen LogP contribution in [0.1, 0.15) is 39.7 Å². The fraction of sp³-hybridized carbons (Fsp3) is 0.647. The van der Waals surface area contributed by atoms with Gasteiger partial charge in [-0.25, -0.2) is 9.67 Å². The fourth-order valence-corrected chi connectivity index (χ4v) is 3.53. The Balaban J connectivity index is 2.53. The first-order chi connectivity index (χ1) is 14.1. The van der Waals surface area contributed by atoms with Gasteiger partial charge in [-0.05, 0) is 0 Å². The molecule has 1 aliphatic rings. The standard InChI is InChI=1S/C17H22IN3O9/c1-8(22)26-6-12-14(27-9(2)23)15(28-10(3)24)16(29-11(4)25)17(30-12)21-13(5-18)19-7-20-21/h7,12,14-17H,5-6H2,1-4H3/t12-,14-,15+,16-,17-/m1/s1. The summed E-state index contributed by atoms with van der Waals surface area (Å²) in [6.45, 7) is 4.40. The van der Waals surface area contributed by atoms with Gasteiger partial charge in [-0.3, -0.25) is 19.2 Å². The molecule has 1 aliphatic heterocycles. The number of hydrogen-bond donors (Lipinski definition) is 0. The highest BCUT2D eigenvalue weighted by Crippen LogP contribution is 2.35. The number of carbonyl (C=O) groups excluding carboxylic acids is 4. The van der Waals surface area contributed by atoms with Crippen molar-refractivity contribution in [2.45, 2.75) is 62.8 Å². The normalized spacial score (nSPS) is 25.8. The molecule has 166 valence electrons. The quantitative estimate of drug-likeness (QED) is 0.206. The van der Waals surface area contributed by atoms with Crippen LogP contribution in [0.25, 0.3) is 0 Å². The van der Waals surface area contributed by atoms with Gasteiger partial charge in [-0.1, -0.05) is 22.6 Å². The number of carbonyl (C=O) groups is 4. The van der Waals surface area contributed by atoms with Crippen molar-refractivity contribution in [3.8, 4) is 0 Å². The van der Waals surface area contributed by atoms with E-state index in [1.807, 2.05) is 0 Å². The van der Waals surface area contributed by atoms with Crippen molar-refractivity contribution in [3.05, 3.63) is 12.2 Å². The molecule has 2 heterocycles. The number of aromatic nitrogens is 3. The summed E-state index contributed by atoms with van der Waals surface area (Å²) < 4.78 is 28.9. The molecule has 0 amide bonds. The minimum Gasteiger partial charge on any atom is -0.463 e. The summed E-state index contributed by atoms with van der Waals surface area (Å²) >= 11 is 2.07. The molecule has 0 radical (unpaired) electrons. The molecule has 2 rings (SSSR count). The third-order valence-corrected chi connectivity index (χ3v) is 4.66. The molecule has 5 atom stereocenters. The van der Waals surface area contributed by atoms with Gasteiger partial charge in [0, 0.05) is 27.7 Å². The molecule has 1 aromatic rings. The van der Waals surface area contributed by atoms with Gasteiger partial charge in [0.2, 0.25) is 0 Å². The number of ether oxygens (including phenoxy) is 5. The van der Waals surface area contributed by atoms with Crippen molar-refractivity contribution in [1.82, 2.24) is 14.8 Å². The van der Waals surface area contributed by atoms with Gasteiger partial charge in [-0.15, -0.1) is 0 Å². The molecule has 0 N–H and O–H groups in total. The maximum atomic E-state index is 11.8. The molecule has 0 saturated carbocycles. The van der Waals surface area contributed by atoms with Crippen LogP contribution in [0, 0.1) is 0 Å². The summed E-state index contributed by atoms with van der Waals surface area (Å²) in [5.41, 5.74) is 0. The van der Waals surface area contributed by atoms with E-state index in [1.165, 1.54) is 24.9 Å². The number of esters is 4. The van der Waals surface area contributed by atoms with Gasteiger partial charge < -0.3 is 23.7 Å². The van der Waals surface area contributed by atoms with Gasteiger partial charge in [-0.2, -0.15) is 5.10 Å². The predicted octanol–water partition coefficient (Wildman–Crippen LogP) is 0.469. The van der Waals surface area contributed by atoms with E-state index in [4.69, 9.17) is 23.7 Å². The molecule has 1 aromatic heterocycles. The zero-order chi connectivity index (χ0) is 22.4. The number of nitrogens with zero attached hydrogens (tertiary/aromatic N) is 3. The van der Waals surface area contributed by atoms with Crippen LogP contribution in [0.5, 0.6) is 0 Å². The van der Waals surface area contributed by atoms with Crippen LogP contribution in [0.2, 0.25) is 0 Å². The fourth-order valence-electron chi connectivity index (χ4n) is 2.98. The summed E-state index contributed by atoms with van der Waals surface area (Å²) in [6.07, 6.45) is -4.50. The van der Waals surface area contributed by atoms with Crippen LogP contribution in [0.3, 0.4) is 0 Å². The van der Waals surface area contributed by atoms with Crippen molar-refractivity contribution in [3.63, 3.8) is 0 Å². The third-order valence-electron chi connectivity index (χ3n) is 3.97. The van der Waals surface area contributed by atoms with Crippen molar-refractivity contribution in [2.75, 3.05) is 6.61 Å². The van der Waals surface area contributed by atoms with E-state index in [0.717, 1.165) is 13.8 Å². The second kappa shape index (κ2) is 10.7. The predicted molar refractivity (Wildman–Crippen MR) is 105 cm³/mol. The van der Waals surface area contributed by atoms with Crippen LogP contribution in [0.4, 0.5) is 0 Å². The Bertz CT molecular complexity index is 799. The molecule has 0 bridgehead atoms. The summed E-state index contributed by atoms with van der Waals surface area (Å²) in [4.78, 5) is 50.7. The summed E-state index contributed by atoms with van der Waals surface area (Å²) in [6, 6.07) is 0. The Labute approximate surface area is 185 Å². The number of hydrogen-bond acceptors (Lipinski definition) is 11. The third kappa shape index (κ3) is 6.10. The minimum absolute atomic E-state index is 0.303. The lowest BCUT2D eigenvalue weighted by molar-refractivity contribution is -0.270. The number of halogens is 1. The SMILES string of the molecule is CC(=O)OC[C@H]1O[C@@H](n2ncnc2CI)[C@H](OC(C)=O)[C@@H](OC(C)=O)[C@@H]1OC(C)=O. The molecule has 13 heteroatoms. The Kier molecular flexibility index (Phi) is 8.52. The first-order valence-electron chi connectivity index (χ1n) is 8.88. The Hall–Kier alpha value is -2.29. The minimum atomic E-state index is -1.25. The van der Waals surface area contributed by atoms with E-state index in [1.54, 1.807) is 0 Å².